The first-order valence-corrected chi connectivity index (χ1v) is 12.1. The molecule has 12 heteroatoms. The fourth-order valence-corrected chi connectivity index (χ4v) is 6.19. The van der Waals surface area contributed by atoms with Crippen molar-refractivity contribution in [2.24, 2.45) is 5.92 Å². The first-order chi connectivity index (χ1) is 15.2. The third kappa shape index (κ3) is 4.17. The van der Waals surface area contributed by atoms with Crippen LogP contribution in [0, 0.1) is 31.4 Å². The maximum atomic E-state index is 14.0. The number of piperidine rings is 1. The number of carbonyl (C=O) groups excluding carboxylic acids is 1. The van der Waals surface area contributed by atoms with E-state index in [9.17, 15) is 22.0 Å². The zero-order valence-corrected chi connectivity index (χ0v) is 18.9. The maximum Gasteiger partial charge on any atom is 0.248 e. The lowest BCUT2D eigenvalue weighted by Crippen LogP contribution is -2.41. The molecule has 1 amide bonds. The minimum atomic E-state index is -3.76. The predicted octanol–water partition coefficient (Wildman–Crippen LogP) is 3.73. The summed E-state index contributed by atoms with van der Waals surface area (Å²) in [5.74, 6) is -1.97. The SMILES string of the molecule is Cc1noc(C)c1S(=O)(=O)N1CCC(C(=O)Nc2nc(-c3c(F)cccc3F)cs2)CC1. The van der Waals surface area contributed by atoms with Crippen molar-refractivity contribution < 1.29 is 26.5 Å². The van der Waals surface area contributed by atoms with Gasteiger partial charge in [-0.1, -0.05) is 11.2 Å². The van der Waals surface area contributed by atoms with Crippen molar-refractivity contribution in [2.75, 3.05) is 18.4 Å². The van der Waals surface area contributed by atoms with Crippen LogP contribution in [0.15, 0.2) is 33.0 Å². The molecule has 1 aliphatic rings. The smallest absolute Gasteiger partial charge is 0.248 e. The first kappa shape index (κ1) is 22.5. The molecule has 1 fully saturated rings. The van der Waals surface area contributed by atoms with Crippen molar-refractivity contribution in [3.63, 3.8) is 0 Å². The zero-order valence-electron chi connectivity index (χ0n) is 17.3. The van der Waals surface area contributed by atoms with Gasteiger partial charge in [-0.15, -0.1) is 11.3 Å². The van der Waals surface area contributed by atoms with Crippen LogP contribution in [-0.2, 0) is 14.8 Å². The number of rotatable bonds is 5. The standard InChI is InChI=1S/C20H20F2N4O4S2/c1-11-18(12(2)30-25-11)32(28,29)26-8-6-13(7-9-26)19(27)24-20-23-16(10-31-20)17-14(21)4-3-5-15(17)22/h3-5,10,13H,6-9H2,1-2H3,(H,23,24,27). The average Bonchev–Trinajstić information content (AvgIpc) is 3.34. The number of nitrogens with zero attached hydrogens (tertiary/aromatic N) is 3. The number of hydrogen-bond donors (Lipinski definition) is 1. The van der Waals surface area contributed by atoms with Crippen LogP contribution in [0.3, 0.4) is 0 Å². The van der Waals surface area contributed by atoms with Crippen molar-refractivity contribution >= 4 is 32.4 Å². The third-order valence-electron chi connectivity index (χ3n) is 5.34. The van der Waals surface area contributed by atoms with E-state index in [4.69, 9.17) is 4.52 Å². The highest BCUT2D eigenvalue weighted by Gasteiger charge is 2.35. The number of anilines is 1. The summed E-state index contributed by atoms with van der Waals surface area (Å²) in [6.45, 7) is 3.46. The molecule has 0 spiro atoms. The number of sulfonamides is 1. The van der Waals surface area contributed by atoms with Crippen molar-refractivity contribution in [2.45, 2.75) is 31.6 Å². The molecular weight excluding hydrogens is 462 g/mol. The topological polar surface area (TPSA) is 105 Å². The number of benzene rings is 1. The molecule has 0 atom stereocenters. The molecule has 0 saturated carbocycles. The second kappa shape index (κ2) is 8.68. The molecular formula is C20H20F2N4O4S2. The Labute approximate surface area is 187 Å². The van der Waals surface area contributed by atoms with Crippen LogP contribution in [0.4, 0.5) is 13.9 Å². The van der Waals surface area contributed by atoms with E-state index in [0.29, 0.717) is 18.5 Å². The molecule has 32 heavy (non-hydrogen) atoms. The molecule has 1 saturated heterocycles. The summed E-state index contributed by atoms with van der Waals surface area (Å²) >= 11 is 1.06. The maximum absolute atomic E-state index is 14.0. The van der Waals surface area contributed by atoms with Gasteiger partial charge in [-0.2, -0.15) is 4.31 Å². The van der Waals surface area contributed by atoms with E-state index < -0.39 is 27.6 Å². The highest BCUT2D eigenvalue weighted by atomic mass is 32.2. The highest BCUT2D eigenvalue weighted by Crippen LogP contribution is 2.31. The summed E-state index contributed by atoms with van der Waals surface area (Å²) in [5, 5.41) is 8.06. The number of aromatic nitrogens is 2. The van der Waals surface area contributed by atoms with Gasteiger partial charge in [0, 0.05) is 24.4 Å². The molecule has 0 radical (unpaired) electrons. The molecule has 0 bridgehead atoms. The molecule has 3 heterocycles. The second-order valence-electron chi connectivity index (χ2n) is 7.46. The molecule has 1 N–H and O–H groups in total. The number of carbonyl (C=O) groups is 1. The lowest BCUT2D eigenvalue weighted by molar-refractivity contribution is -0.120. The molecule has 1 aliphatic heterocycles. The lowest BCUT2D eigenvalue weighted by Gasteiger charge is -2.30. The molecule has 170 valence electrons. The van der Waals surface area contributed by atoms with Crippen LogP contribution < -0.4 is 5.32 Å². The largest absolute Gasteiger partial charge is 0.360 e. The monoisotopic (exact) mass is 482 g/mol. The zero-order chi connectivity index (χ0) is 23.0. The number of aryl methyl sites for hydroxylation is 2. The highest BCUT2D eigenvalue weighted by molar-refractivity contribution is 7.89. The van der Waals surface area contributed by atoms with Crippen LogP contribution in [0.5, 0.6) is 0 Å². The number of hydrogen-bond acceptors (Lipinski definition) is 7. The van der Waals surface area contributed by atoms with Crippen molar-refractivity contribution in [1.82, 2.24) is 14.4 Å². The van der Waals surface area contributed by atoms with E-state index >= 15 is 0 Å². The molecule has 0 unspecified atom stereocenters. The Morgan fingerprint density at radius 3 is 2.47 bits per heavy atom. The van der Waals surface area contributed by atoms with Crippen LogP contribution in [0.1, 0.15) is 24.3 Å². The van der Waals surface area contributed by atoms with Crippen LogP contribution in [0.2, 0.25) is 0 Å². The first-order valence-electron chi connectivity index (χ1n) is 9.82. The number of amides is 1. The van der Waals surface area contributed by atoms with Crippen molar-refractivity contribution in [3.05, 3.63) is 46.7 Å². The molecule has 8 nitrogen and oxygen atoms in total. The number of thiazole rings is 1. The molecule has 0 aliphatic carbocycles. The van der Waals surface area contributed by atoms with E-state index in [-0.39, 0.29) is 46.0 Å². The Hall–Kier alpha value is -2.70. The van der Waals surface area contributed by atoms with Crippen LogP contribution >= 0.6 is 11.3 Å². The average molecular weight is 483 g/mol. The van der Waals surface area contributed by atoms with Gasteiger partial charge < -0.3 is 9.84 Å². The van der Waals surface area contributed by atoms with E-state index in [1.807, 2.05) is 0 Å². The van der Waals surface area contributed by atoms with Gasteiger partial charge in [-0.25, -0.2) is 22.2 Å². The van der Waals surface area contributed by atoms with E-state index in [2.05, 4.69) is 15.5 Å². The minimum absolute atomic E-state index is 0.0658. The Morgan fingerprint density at radius 1 is 1.22 bits per heavy atom. The van der Waals surface area contributed by atoms with Gasteiger partial charge in [0.1, 0.15) is 22.2 Å². The van der Waals surface area contributed by atoms with Gasteiger partial charge in [0.25, 0.3) is 0 Å². The molecule has 4 rings (SSSR count). The molecule has 3 aromatic rings. The van der Waals surface area contributed by atoms with Gasteiger partial charge in [-0.3, -0.25) is 4.79 Å². The Morgan fingerprint density at radius 2 is 1.88 bits per heavy atom. The van der Waals surface area contributed by atoms with Crippen LogP contribution in [0.25, 0.3) is 11.3 Å². The van der Waals surface area contributed by atoms with Gasteiger partial charge in [0.05, 0.1) is 11.3 Å². The fraction of sp³-hybridized carbons (Fsp3) is 0.350. The summed E-state index contributed by atoms with van der Waals surface area (Å²) < 4.78 is 60.0. The normalized spacial score (nSPS) is 15.8. The third-order valence-corrected chi connectivity index (χ3v) is 8.25. The molecule has 1 aromatic carbocycles. The van der Waals surface area contributed by atoms with Gasteiger partial charge in [-0.05, 0) is 38.8 Å². The fourth-order valence-electron chi connectivity index (χ4n) is 3.73. The quantitative estimate of drug-likeness (QED) is 0.594. The Kier molecular flexibility index (Phi) is 6.10. The van der Waals surface area contributed by atoms with E-state index in [1.165, 1.54) is 15.8 Å². The van der Waals surface area contributed by atoms with Gasteiger partial charge >= 0.3 is 0 Å². The van der Waals surface area contributed by atoms with Crippen LogP contribution in [-0.4, -0.2) is 41.9 Å². The Bertz CT molecular complexity index is 1220. The van der Waals surface area contributed by atoms with Crippen molar-refractivity contribution in [3.8, 4) is 11.3 Å². The summed E-state index contributed by atoms with van der Waals surface area (Å²) in [6, 6.07) is 3.54. The van der Waals surface area contributed by atoms with E-state index in [0.717, 1.165) is 23.5 Å². The summed E-state index contributed by atoms with van der Waals surface area (Å²) in [5.41, 5.74) is 0.150. The summed E-state index contributed by atoms with van der Waals surface area (Å²) in [7, 11) is -3.76. The van der Waals surface area contributed by atoms with Gasteiger partial charge in [0.15, 0.2) is 10.9 Å². The minimum Gasteiger partial charge on any atom is -0.360 e. The summed E-state index contributed by atoms with van der Waals surface area (Å²) in [6.07, 6.45) is 0.656. The number of halogens is 2. The van der Waals surface area contributed by atoms with E-state index in [1.54, 1.807) is 13.8 Å². The van der Waals surface area contributed by atoms with Crippen molar-refractivity contribution in [1.29, 1.82) is 0 Å². The number of nitrogens with one attached hydrogen (secondary N) is 1. The lowest BCUT2D eigenvalue weighted by atomic mass is 9.97. The molecule has 2 aromatic heterocycles. The summed E-state index contributed by atoms with van der Waals surface area (Å²) in [4.78, 5) is 16.8. The second-order valence-corrected chi connectivity index (χ2v) is 10.2. The van der Waals surface area contributed by atoms with Gasteiger partial charge in [0.2, 0.25) is 15.9 Å². The predicted molar refractivity (Wildman–Crippen MR) is 114 cm³/mol. The Balaban J connectivity index is 1.40.